The summed E-state index contributed by atoms with van der Waals surface area (Å²) < 4.78 is 6.22. The standard InChI is InChI=1S/C53H35N3S/c1-4-22-48-41(16-1)42-17-2-5-23-49(42)56(48)39-26-28-51-46(33-39)45-32-37(47-21-7-8-29-54-47)25-27-50(45)55(51)38-15-10-13-35(31-38)34-12-9-14-36(30-34)40-19-11-20-44-43-18-3-6-24-52(43)57-53(40)44/h1-2,4-17,19-33H,3,18H2. The summed E-state index contributed by atoms with van der Waals surface area (Å²) in [6.45, 7) is 0. The van der Waals surface area contributed by atoms with Crippen molar-refractivity contribution < 1.29 is 0 Å². The monoisotopic (exact) mass is 745 g/mol. The van der Waals surface area contributed by atoms with Gasteiger partial charge >= 0.3 is 0 Å². The molecule has 12 rings (SSSR count). The molecule has 0 bridgehead atoms. The Bertz CT molecular complexity index is 3360. The number of fused-ring (bicyclic) bond motifs is 9. The van der Waals surface area contributed by atoms with E-state index in [2.05, 4.69) is 185 Å². The van der Waals surface area contributed by atoms with Gasteiger partial charge in [-0.25, -0.2) is 0 Å². The second-order valence-corrected chi connectivity index (χ2v) is 16.1. The van der Waals surface area contributed by atoms with Gasteiger partial charge in [0.2, 0.25) is 0 Å². The minimum Gasteiger partial charge on any atom is -0.309 e. The lowest BCUT2D eigenvalue weighted by Gasteiger charge is -2.12. The van der Waals surface area contributed by atoms with E-state index in [0.717, 1.165) is 41.0 Å². The number of thiophene rings is 1. The molecule has 0 spiro atoms. The summed E-state index contributed by atoms with van der Waals surface area (Å²) in [7, 11) is 0. The fourth-order valence-corrected chi connectivity index (χ4v) is 10.6. The van der Waals surface area contributed by atoms with Gasteiger partial charge in [0.05, 0.1) is 27.8 Å². The van der Waals surface area contributed by atoms with Crippen LogP contribution in [0.4, 0.5) is 0 Å². The van der Waals surface area contributed by atoms with Gasteiger partial charge in [-0.2, -0.15) is 0 Å². The number of rotatable bonds is 5. The highest BCUT2D eigenvalue weighted by atomic mass is 32.1. The summed E-state index contributed by atoms with van der Waals surface area (Å²) in [5, 5.41) is 6.33. The fraction of sp³-hybridized carbons (Fsp3) is 0.0377. The molecule has 7 aromatic carbocycles. The molecular formula is C53H35N3S. The molecule has 0 unspecified atom stereocenters. The number of allylic oxidation sites excluding steroid dienone is 1. The minimum atomic E-state index is 0.968. The Labute approximate surface area is 334 Å². The Hall–Kier alpha value is -7.01. The fourth-order valence-electron chi connectivity index (χ4n) is 9.24. The minimum absolute atomic E-state index is 0.968. The zero-order valence-electron chi connectivity index (χ0n) is 31.1. The third-order valence-corrected chi connectivity index (χ3v) is 13.1. The lowest BCUT2D eigenvalue weighted by molar-refractivity contribution is 1.01. The van der Waals surface area contributed by atoms with Gasteiger partial charge in [-0.3, -0.25) is 4.98 Å². The summed E-state index contributed by atoms with van der Waals surface area (Å²) in [6.07, 6.45) is 8.74. The van der Waals surface area contributed by atoms with Crippen molar-refractivity contribution in [1.29, 1.82) is 0 Å². The average molecular weight is 746 g/mol. The SMILES string of the molecule is C1=Cc2sc3c(-c4cccc(-c5cccc(-n6c7ccc(-c8ccccn8)cc7c7cc(-n8c9ccccc9c9ccccc98)ccc76)c5)c4)cccc3c2CC1. The highest BCUT2D eigenvalue weighted by Gasteiger charge is 2.19. The first-order valence-corrected chi connectivity index (χ1v) is 20.5. The summed E-state index contributed by atoms with van der Waals surface area (Å²) in [5.41, 5.74) is 15.6. The van der Waals surface area contributed by atoms with E-state index in [9.17, 15) is 0 Å². The summed E-state index contributed by atoms with van der Waals surface area (Å²) in [6, 6.07) is 62.3. The normalized spacial score (nSPS) is 12.7. The maximum absolute atomic E-state index is 4.72. The van der Waals surface area contributed by atoms with E-state index in [-0.39, 0.29) is 0 Å². The first-order chi connectivity index (χ1) is 28.3. The molecule has 0 radical (unpaired) electrons. The van der Waals surface area contributed by atoms with Crippen molar-refractivity contribution in [2.45, 2.75) is 12.8 Å². The number of nitrogens with zero attached hydrogens (tertiary/aromatic N) is 3. The molecule has 3 nitrogen and oxygen atoms in total. The number of benzene rings is 7. The van der Waals surface area contributed by atoms with Gasteiger partial charge in [-0.1, -0.05) is 103 Å². The molecule has 0 fully saturated rings. The number of aromatic nitrogens is 3. The molecular weight excluding hydrogens is 711 g/mol. The van der Waals surface area contributed by atoms with Gasteiger partial charge in [0.25, 0.3) is 0 Å². The maximum atomic E-state index is 4.72. The van der Waals surface area contributed by atoms with E-state index < -0.39 is 0 Å². The van der Waals surface area contributed by atoms with Crippen molar-refractivity contribution in [2.75, 3.05) is 0 Å². The second kappa shape index (κ2) is 12.8. The lowest BCUT2D eigenvalue weighted by Crippen LogP contribution is -1.96. The maximum Gasteiger partial charge on any atom is 0.0702 e. The van der Waals surface area contributed by atoms with Crippen LogP contribution < -0.4 is 0 Å². The number of pyridine rings is 1. The van der Waals surface area contributed by atoms with Crippen LogP contribution in [-0.2, 0) is 6.42 Å². The van der Waals surface area contributed by atoms with Gasteiger partial charge in [0.1, 0.15) is 0 Å². The molecule has 4 heteroatoms. The van der Waals surface area contributed by atoms with Crippen molar-refractivity contribution >= 4 is 71.1 Å². The van der Waals surface area contributed by atoms with E-state index >= 15 is 0 Å². The molecule has 1 aliphatic carbocycles. The van der Waals surface area contributed by atoms with Gasteiger partial charge in [0.15, 0.2) is 0 Å². The third kappa shape index (κ3) is 5.08. The van der Waals surface area contributed by atoms with E-state index in [1.807, 2.05) is 23.6 Å². The topological polar surface area (TPSA) is 22.8 Å². The quantitative estimate of drug-likeness (QED) is 0.172. The average Bonchev–Trinajstić information content (AvgIpc) is 3.94. The Morgan fingerprint density at radius 1 is 0.456 bits per heavy atom. The van der Waals surface area contributed by atoms with Crippen LogP contribution >= 0.6 is 11.3 Å². The number of para-hydroxylation sites is 2. The predicted molar refractivity (Wildman–Crippen MR) is 242 cm³/mol. The molecule has 0 aliphatic heterocycles. The second-order valence-electron chi connectivity index (χ2n) is 15.1. The lowest BCUT2D eigenvalue weighted by atomic mass is 9.96. The molecule has 0 saturated carbocycles. The Kier molecular flexibility index (Phi) is 7.23. The predicted octanol–water partition coefficient (Wildman–Crippen LogP) is 14.5. The summed E-state index contributed by atoms with van der Waals surface area (Å²) >= 11 is 1.93. The van der Waals surface area contributed by atoms with E-state index in [0.29, 0.717) is 0 Å². The van der Waals surface area contributed by atoms with Crippen LogP contribution in [0.15, 0.2) is 182 Å². The zero-order chi connectivity index (χ0) is 37.5. The van der Waals surface area contributed by atoms with Gasteiger partial charge in [0, 0.05) is 54.3 Å². The van der Waals surface area contributed by atoms with Crippen LogP contribution in [0.2, 0.25) is 0 Å². The van der Waals surface area contributed by atoms with Crippen molar-refractivity contribution in [3.63, 3.8) is 0 Å². The van der Waals surface area contributed by atoms with E-state index in [1.165, 1.54) is 80.9 Å². The molecule has 1 aliphatic rings. The number of hydrogen-bond acceptors (Lipinski definition) is 2. The smallest absolute Gasteiger partial charge is 0.0702 e. The highest BCUT2D eigenvalue weighted by Crippen LogP contribution is 2.43. The molecule has 268 valence electrons. The van der Waals surface area contributed by atoms with Crippen LogP contribution in [0.1, 0.15) is 16.9 Å². The molecule has 0 atom stereocenters. The first-order valence-electron chi connectivity index (χ1n) is 19.7. The van der Waals surface area contributed by atoms with Crippen LogP contribution in [0, 0.1) is 0 Å². The van der Waals surface area contributed by atoms with Crippen LogP contribution in [0.25, 0.3) is 105 Å². The zero-order valence-corrected chi connectivity index (χ0v) is 31.9. The van der Waals surface area contributed by atoms with Gasteiger partial charge in [-0.05, 0) is 125 Å². The van der Waals surface area contributed by atoms with Gasteiger partial charge in [-0.15, -0.1) is 11.3 Å². The van der Waals surface area contributed by atoms with Crippen LogP contribution in [0.3, 0.4) is 0 Å². The molecule has 0 amide bonds. The first kappa shape index (κ1) is 32.3. The van der Waals surface area contributed by atoms with Crippen molar-refractivity contribution in [3.05, 3.63) is 193 Å². The van der Waals surface area contributed by atoms with Crippen molar-refractivity contribution in [1.82, 2.24) is 14.1 Å². The Morgan fingerprint density at radius 2 is 1.11 bits per heavy atom. The molecule has 57 heavy (non-hydrogen) atoms. The van der Waals surface area contributed by atoms with Crippen LogP contribution in [0.5, 0.6) is 0 Å². The molecule has 0 N–H and O–H groups in total. The summed E-state index contributed by atoms with van der Waals surface area (Å²) in [4.78, 5) is 6.13. The molecule has 11 aromatic rings. The molecule has 4 aromatic heterocycles. The molecule has 0 saturated heterocycles. The van der Waals surface area contributed by atoms with E-state index in [4.69, 9.17) is 4.98 Å². The highest BCUT2D eigenvalue weighted by molar-refractivity contribution is 7.20. The van der Waals surface area contributed by atoms with Crippen molar-refractivity contribution in [2.24, 2.45) is 0 Å². The van der Waals surface area contributed by atoms with Crippen molar-refractivity contribution in [3.8, 4) is 44.9 Å². The Balaban J connectivity index is 1.03. The number of hydrogen-bond donors (Lipinski definition) is 0. The number of aryl methyl sites for hydroxylation is 1. The molecule has 4 heterocycles. The largest absolute Gasteiger partial charge is 0.309 e. The van der Waals surface area contributed by atoms with Gasteiger partial charge < -0.3 is 9.13 Å². The third-order valence-electron chi connectivity index (χ3n) is 11.8. The van der Waals surface area contributed by atoms with Crippen LogP contribution in [-0.4, -0.2) is 14.1 Å². The Morgan fingerprint density at radius 3 is 1.91 bits per heavy atom. The van der Waals surface area contributed by atoms with E-state index in [1.54, 1.807) is 0 Å². The summed E-state index contributed by atoms with van der Waals surface area (Å²) in [5.74, 6) is 0.